The van der Waals surface area contributed by atoms with E-state index in [9.17, 15) is 0 Å². The number of thiophene rings is 2. The van der Waals surface area contributed by atoms with Gasteiger partial charge in [0.25, 0.3) is 0 Å². The topological polar surface area (TPSA) is 52.9 Å². The third-order valence-corrected chi connectivity index (χ3v) is 6.82. The van der Waals surface area contributed by atoms with E-state index in [1.807, 2.05) is 61.4 Å². The third-order valence-electron chi connectivity index (χ3n) is 2.69. The molecule has 0 amide bonds. The van der Waals surface area contributed by atoms with Crippen LogP contribution < -0.4 is 0 Å². The van der Waals surface area contributed by atoms with Crippen molar-refractivity contribution in [3.8, 4) is 0 Å². The molecule has 0 spiro atoms. The number of rotatable bonds is 4. The second kappa shape index (κ2) is 15.6. The van der Waals surface area contributed by atoms with Gasteiger partial charge in [-0.2, -0.15) is 0 Å². The fraction of sp³-hybridized carbons (Fsp3) is 0.250. The second-order valence-electron chi connectivity index (χ2n) is 4.50. The maximum absolute atomic E-state index is 4.11. The molecule has 2 rings (SSSR count). The second-order valence-corrected chi connectivity index (χ2v) is 9.44. The first-order valence-electron chi connectivity index (χ1n) is 7.26. The SMILES string of the molecule is CSC(=[SH+])[N-]N=C(C)c1cccs1.CSC(=[SH+])[N-]N=C(C)c1cccs1.[Cu]. The summed E-state index contributed by atoms with van der Waals surface area (Å²) in [5.41, 5.74) is 9.73. The maximum atomic E-state index is 4.11. The van der Waals surface area contributed by atoms with E-state index in [0.717, 1.165) is 21.2 Å². The van der Waals surface area contributed by atoms with E-state index in [1.54, 1.807) is 22.7 Å². The van der Waals surface area contributed by atoms with Gasteiger partial charge < -0.3 is 21.1 Å². The zero-order valence-electron chi connectivity index (χ0n) is 15.1. The minimum absolute atomic E-state index is 0. The Hall–Kier alpha value is -0.261. The van der Waals surface area contributed by atoms with Gasteiger partial charge in [0, 0.05) is 38.2 Å². The Kier molecular flexibility index (Phi) is 15.5. The Morgan fingerprint density at radius 1 is 0.852 bits per heavy atom. The zero-order valence-corrected chi connectivity index (χ0v) is 21.1. The molecule has 4 nitrogen and oxygen atoms in total. The van der Waals surface area contributed by atoms with Gasteiger partial charge in [-0.15, -0.1) is 22.7 Å². The van der Waals surface area contributed by atoms with E-state index in [1.165, 1.54) is 23.5 Å². The van der Waals surface area contributed by atoms with Gasteiger partial charge >= 0.3 is 0 Å². The van der Waals surface area contributed by atoms with Crippen molar-refractivity contribution >= 4 is 90.7 Å². The molecule has 1 radical (unpaired) electrons. The van der Waals surface area contributed by atoms with Gasteiger partial charge in [-0.3, -0.25) is 0 Å². The van der Waals surface area contributed by atoms with Crippen LogP contribution in [0.4, 0.5) is 0 Å². The molecule has 0 N–H and O–H groups in total. The molecule has 2 aromatic rings. The normalized spacial score (nSPS) is 11.0. The molecule has 0 saturated carbocycles. The Morgan fingerprint density at radius 3 is 1.48 bits per heavy atom. The van der Waals surface area contributed by atoms with E-state index in [4.69, 9.17) is 0 Å². The van der Waals surface area contributed by atoms with Gasteiger partial charge in [0.1, 0.15) is 0 Å². The molecule has 11 heteroatoms. The van der Waals surface area contributed by atoms with Crippen molar-refractivity contribution in [3.63, 3.8) is 0 Å². The average Bonchev–Trinajstić information content (AvgIpc) is 3.37. The Labute approximate surface area is 198 Å². The Bertz CT molecular complexity index is 677. The molecule has 0 saturated heterocycles. The first-order valence-corrected chi connectivity index (χ1v) is 12.4. The van der Waals surface area contributed by atoms with Crippen LogP contribution >= 0.6 is 46.2 Å². The molecule has 151 valence electrons. The van der Waals surface area contributed by atoms with Crippen molar-refractivity contribution < 1.29 is 17.1 Å². The van der Waals surface area contributed by atoms with Crippen LogP contribution in [-0.4, -0.2) is 32.6 Å². The van der Waals surface area contributed by atoms with E-state index in [-0.39, 0.29) is 17.1 Å². The summed E-state index contributed by atoms with van der Waals surface area (Å²) in [4.78, 5) is 2.29. The summed E-state index contributed by atoms with van der Waals surface area (Å²) in [6, 6.07) is 8.05. The first kappa shape index (κ1) is 26.7. The van der Waals surface area contributed by atoms with Gasteiger partial charge in [0.05, 0.1) is 0 Å². The standard InChI is InChI=1S/2C8H10N2S3.Cu/c2*1-6(7-4-3-5-13-7)9-10-8(11)12-2;/h2*3-5H,1-2H3,(H,10,11);. The average molecular weight is 524 g/mol. The van der Waals surface area contributed by atoms with E-state index in [2.05, 4.69) is 45.5 Å². The largest absolute Gasteiger partial charge is 0.519 e. The van der Waals surface area contributed by atoms with Crippen LogP contribution in [0.5, 0.6) is 0 Å². The van der Waals surface area contributed by atoms with Gasteiger partial charge in [0.15, 0.2) is 33.1 Å². The van der Waals surface area contributed by atoms with Gasteiger partial charge in [-0.25, -0.2) is 0 Å². The van der Waals surface area contributed by atoms with Crippen molar-refractivity contribution in [1.82, 2.24) is 0 Å². The number of hydrogen-bond acceptors (Lipinski definition) is 6. The van der Waals surface area contributed by atoms with Crippen molar-refractivity contribution in [3.05, 3.63) is 55.6 Å². The molecule has 0 fully saturated rings. The smallest absolute Gasteiger partial charge is 0.174 e. The molecular weight excluding hydrogens is 504 g/mol. The zero-order chi connectivity index (χ0) is 19.4. The first-order chi connectivity index (χ1) is 12.5. The van der Waals surface area contributed by atoms with Gasteiger partial charge in [-0.05, 0) is 49.3 Å². The van der Waals surface area contributed by atoms with Crippen molar-refractivity contribution in [2.24, 2.45) is 10.2 Å². The predicted octanol–water partition coefficient (Wildman–Crippen LogP) is 5.15. The molecule has 2 heterocycles. The summed E-state index contributed by atoms with van der Waals surface area (Å²) in [5.74, 6) is 0. The predicted molar refractivity (Wildman–Crippen MR) is 134 cm³/mol. The molecule has 2 aromatic heterocycles. The summed E-state index contributed by atoms with van der Waals surface area (Å²) in [6.07, 6.45) is 3.84. The van der Waals surface area contributed by atoms with Crippen LogP contribution in [0.25, 0.3) is 10.9 Å². The van der Waals surface area contributed by atoms with Crippen LogP contribution in [0.2, 0.25) is 0 Å². The van der Waals surface area contributed by atoms with Crippen molar-refractivity contribution in [2.75, 3.05) is 12.5 Å². The Balaban J connectivity index is 0.000000483. The molecule has 27 heavy (non-hydrogen) atoms. The van der Waals surface area contributed by atoms with Crippen molar-refractivity contribution in [2.45, 2.75) is 13.8 Å². The van der Waals surface area contributed by atoms with Crippen LogP contribution in [-0.2, 0) is 41.5 Å². The summed E-state index contributed by atoms with van der Waals surface area (Å²) in [6.45, 7) is 3.88. The molecule has 0 aromatic carbocycles. The molecule has 0 aliphatic carbocycles. The number of thioether (sulfide) groups is 2. The molecule has 0 unspecified atom stereocenters. The molecule has 0 aliphatic rings. The molecule has 0 atom stereocenters. The summed E-state index contributed by atoms with van der Waals surface area (Å²) < 4.78 is 1.35. The third kappa shape index (κ3) is 11.4. The summed E-state index contributed by atoms with van der Waals surface area (Å²) in [5, 5.41) is 12.2. The fourth-order valence-corrected chi connectivity index (χ4v) is 3.06. The quantitative estimate of drug-likeness (QED) is 0.139. The van der Waals surface area contributed by atoms with Gasteiger partial charge in [-0.1, -0.05) is 35.7 Å². The van der Waals surface area contributed by atoms with Gasteiger partial charge in [0.2, 0.25) is 0 Å². The summed E-state index contributed by atoms with van der Waals surface area (Å²) >= 11 is 14.5. The van der Waals surface area contributed by atoms with E-state index in [0.29, 0.717) is 8.64 Å². The van der Waals surface area contributed by atoms with Crippen molar-refractivity contribution in [1.29, 1.82) is 0 Å². The van der Waals surface area contributed by atoms with Crippen LogP contribution in [0, 0.1) is 0 Å². The number of nitrogens with zero attached hydrogens (tertiary/aromatic N) is 4. The molecule has 0 bridgehead atoms. The van der Waals surface area contributed by atoms with E-state index < -0.39 is 0 Å². The molecule has 0 aliphatic heterocycles. The molecular formula is C16H20CuN4S6. The van der Waals surface area contributed by atoms with Crippen LogP contribution in [0.3, 0.4) is 0 Å². The minimum Gasteiger partial charge on any atom is -0.519 e. The number of hydrogen-bond donors (Lipinski definition) is 0. The summed E-state index contributed by atoms with van der Waals surface area (Å²) in [7, 11) is 0. The fourth-order valence-electron chi connectivity index (χ4n) is 1.38. The van der Waals surface area contributed by atoms with Crippen LogP contribution in [0.1, 0.15) is 23.6 Å². The monoisotopic (exact) mass is 523 g/mol. The van der Waals surface area contributed by atoms with Crippen LogP contribution in [0.15, 0.2) is 45.2 Å². The number of thiol groups is 2. The Morgan fingerprint density at radius 2 is 1.22 bits per heavy atom. The van der Waals surface area contributed by atoms with E-state index >= 15 is 0 Å². The minimum atomic E-state index is 0. The maximum Gasteiger partial charge on any atom is 0.174 e.